The first-order valence-electron chi connectivity index (χ1n) is 7.75. The maximum atomic E-state index is 12.1. The summed E-state index contributed by atoms with van der Waals surface area (Å²) in [5.74, 6) is 1.16. The van der Waals surface area contributed by atoms with E-state index in [4.69, 9.17) is 26.2 Å². The van der Waals surface area contributed by atoms with Crippen LogP contribution in [-0.2, 0) is 10.0 Å². The molecule has 0 bridgehead atoms. The van der Waals surface area contributed by atoms with Gasteiger partial charge in [0.2, 0.25) is 16.8 Å². The van der Waals surface area contributed by atoms with Crippen LogP contribution in [0.2, 0.25) is 5.02 Å². The summed E-state index contributed by atoms with van der Waals surface area (Å²) < 4.78 is 35.1. The number of benzene rings is 3. The van der Waals surface area contributed by atoms with Crippen LogP contribution in [0.5, 0.6) is 11.5 Å². The van der Waals surface area contributed by atoms with Crippen molar-refractivity contribution < 1.29 is 17.9 Å². The zero-order chi connectivity index (χ0) is 18.3. The molecule has 0 aliphatic carbocycles. The maximum Gasteiger partial charge on any atom is 0.238 e. The first kappa shape index (κ1) is 16.9. The molecule has 5 nitrogen and oxygen atoms in total. The second kappa shape index (κ2) is 6.32. The van der Waals surface area contributed by atoms with Crippen LogP contribution in [0.3, 0.4) is 0 Å². The molecule has 0 unspecified atom stereocenters. The summed E-state index contributed by atoms with van der Waals surface area (Å²) in [6.45, 7) is 0.121. The Balaban J connectivity index is 2.02. The highest BCUT2D eigenvalue weighted by Crippen LogP contribution is 2.44. The van der Waals surface area contributed by atoms with Gasteiger partial charge in [-0.05, 0) is 47.0 Å². The normalized spacial score (nSPS) is 13.0. The fraction of sp³-hybridized carbons (Fsp3) is 0.0526. The van der Waals surface area contributed by atoms with Gasteiger partial charge in [-0.3, -0.25) is 0 Å². The highest BCUT2D eigenvalue weighted by Gasteiger charge is 2.22. The van der Waals surface area contributed by atoms with Crippen molar-refractivity contribution in [3.8, 4) is 33.8 Å². The lowest BCUT2D eigenvalue weighted by atomic mass is 9.94. The van der Waals surface area contributed by atoms with Crippen molar-refractivity contribution in [2.24, 2.45) is 5.14 Å². The molecule has 1 aliphatic rings. The quantitative estimate of drug-likeness (QED) is 0.735. The average molecular weight is 388 g/mol. The number of hydrogen-bond donors (Lipinski definition) is 1. The van der Waals surface area contributed by atoms with Gasteiger partial charge in [0.05, 0.1) is 4.90 Å². The van der Waals surface area contributed by atoms with Crippen LogP contribution in [0.1, 0.15) is 0 Å². The molecular weight excluding hydrogens is 374 g/mol. The first-order chi connectivity index (χ1) is 12.4. The molecule has 1 aliphatic heterocycles. The van der Waals surface area contributed by atoms with E-state index in [1.807, 2.05) is 18.2 Å². The standard InChI is InChI=1S/C19H14ClNO4S/c20-13-7-5-12(6-8-13)15-9-17-18(25-11-24-17)10-16(15)14-3-1-2-4-19(14)26(21,22)23/h1-10H,11H2,(H2,21,22,23). The molecule has 3 aromatic carbocycles. The van der Waals surface area contributed by atoms with Crippen LogP contribution < -0.4 is 14.6 Å². The summed E-state index contributed by atoms with van der Waals surface area (Å²) in [6, 6.07) is 17.5. The monoisotopic (exact) mass is 387 g/mol. The number of nitrogens with two attached hydrogens (primary N) is 1. The zero-order valence-electron chi connectivity index (χ0n) is 13.5. The van der Waals surface area contributed by atoms with Crippen molar-refractivity contribution in [3.05, 3.63) is 65.7 Å². The van der Waals surface area contributed by atoms with Crippen molar-refractivity contribution in [2.75, 3.05) is 6.79 Å². The number of sulfonamides is 1. The lowest BCUT2D eigenvalue weighted by molar-refractivity contribution is 0.174. The molecule has 0 saturated carbocycles. The lowest BCUT2D eigenvalue weighted by Gasteiger charge is -2.14. The van der Waals surface area contributed by atoms with E-state index in [2.05, 4.69) is 0 Å². The van der Waals surface area contributed by atoms with E-state index in [0.717, 1.165) is 11.1 Å². The minimum absolute atomic E-state index is 0.0501. The second-order valence-corrected chi connectivity index (χ2v) is 7.77. The molecule has 0 radical (unpaired) electrons. The number of ether oxygens (including phenoxy) is 2. The van der Waals surface area contributed by atoms with Gasteiger partial charge in [-0.2, -0.15) is 0 Å². The second-order valence-electron chi connectivity index (χ2n) is 5.80. The maximum absolute atomic E-state index is 12.1. The van der Waals surface area contributed by atoms with E-state index >= 15 is 0 Å². The van der Waals surface area contributed by atoms with Gasteiger partial charge in [0.15, 0.2) is 11.5 Å². The number of primary sulfonamides is 1. The summed E-state index contributed by atoms with van der Waals surface area (Å²) in [4.78, 5) is 0.0501. The van der Waals surface area contributed by atoms with Crippen LogP contribution in [0, 0.1) is 0 Å². The SMILES string of the molecule is NS(=O)(=O)c1ccccc1-c1cc2c(cc1-c1ccc(Cl)cc1)OCO2. The Kier molecular flexibility index (Phi) is 4.11. The molecule has 0 atom stereocenters. The van der Waals surface area contributed by atoms with Crippen LogP contribution in [0.15, 0.2) is 65.6 Å². The largest absolute Gasteiger partial charge is 0.454 e. The van der Waals surface area contributed by atoms with E-state index < -0.39 is 10.0 Å². The molecular formula is C19H14ClNO4S. The van der Waals surface area contributed by atoms with Gasteiger partial charge in [0.25, 0.3) is 0 Å². The van der Waals surface area contributed by atoms with Crippen molar-refractivity contribution in [1.82, 2.24) is 0 Å². The van der Waals surface area contributed by atoms with Gasteiger partial charge in [-0.15, -0.1) is 0 Å². The zero-order valence-corrected chi connectivity index (χ0v) is 15.0. The minimum atomic E-state index is -3.89. The molecule has 0 amide bonds. The third kappa shape index (κ3) is 3.03. The van der Waals surface area contributed by atoms with E-state index in [1.165, 1.54) is 6.07 Å². The molecule has 3 aromatic rings. The third-order valence-electron chi connectivity index (χ3n) is 4.15. The fourth-order valence-electron chi connectivity index (χ4n) is 2.97. The molecule has 0 aromatic heterocycles. The number of halogens is 1. The molecule has 0 fully saturated rings. The number of hydrogen-bond acceptors (Lipinski definition) is 4. The molecule has 0 spiro atoms. The molecule has 26 heavy (non-hydrogen) atoms. The summed E-state index contributed by atoms with van der Waals surface area (Å²) >= 11 is 5.99. The van der Waals surface area contributed by atoms with Gasteiger partial charge < -0.3 is 9.47 Å². The van der Waals surface area contributed by atoms with E-state index in [0.29, 0.717) is 27.6 Å². The molecule has 4 rings (SSSR count). The topological polar surface area (TPSA) is 78.6 Å². The Morgan fingerprint density at radius 2 is 1.46 bits per heavy atom. The Bertz CT molecular complexity index is 1100. The fourth-order valence-corrected chi connectivity index (χ4v) is 3.85. The predicted octanol–water partition coefficient (Wildman–Crippen LogP) is 4.05. The summed E-state index contributed by atoms with van der Waals surface area (Å²) in [5.41, 5.74) is 2.84. The van der Waals surface area contributed by atoms with E-state index in [1.54, 1.807) is 36.4 Å². The van der Waals surface area contributed by atoms with Crippen molar-refractivity contribution in [1.29, 1.82) is 0 Å². The van der Waals surface area contributed by atoms with Gasteiger partial charge in [0.1, 0.15) is 0 Å². The van der Waals surface area contributed by atoms with E-state index in [9.17, 15) is 8.42 Å². The van der Waals surface area contributed by atoms with Crippen LogP contribution in [-0.4, -0.2) is 15.2 Å². The number of rotatable bonds is 3. The van der Waals surface area contributed by atoms with Crippen LogP contribution >= 0.6 is 11.6 Å². The van der Waals surface area contributed by atoms with Crippen LogP contribution in [0.25, 0.3) is 22.3 Å². The molecule has 7 heteroatoms. The Morgan fingerprint density at radius 1 is 0.846 bits per heavy atom. The average Bonchev–Trinajstić information content (AvgIpc) is 3.08. The van der Waals surface area contributed by atoms with Crippen LogP contribution in [0.4, 0.5) is 0 Å². The first-order valence-corrected chi connectivity index (χ1v) is 9.68. The molecule has 132 valence electrons. The Hall–Kier alpha value is -2.54. The van der Waals surface area contributed by atoms with Crippen molar-refractivity contribution >= 4 is 21.6 Å². The highest BCUT2D eigenvalue weighted by molar-refractivity contribution is 7.89. The smallest absolute Gasteiger partial charge is 0.238 e. The Labute approximate surface area is 156 Å². The third-order valence-corrected chi connectivity index (χ3v) is 5.37. The van der Waals surface area contributed by atoms with Crippen molar-refractivity contribution in [3.63, 3.8) is 0 Å². The van der Waals surface area contributed by atoms with Gasteiger partial charge in [-0.1, -0.05) is 41.9 Å². The summed E-state index contributed by atoms with van der Waals surface area (Å²) in [7, 11) is -3.89. The minimum Gasteiger partial charge on any atom is -0.454 e. The molecule has 2 N–H and O–H groups in total. The molecule has 1 heterocycles. The lowest BCUT2D eigenvalue weighted by Crippen LogP contribution is -2.13. The Morgan fingerprint density at radius 3 is 2.12 bits per heavy atom. The molecule has 0 saturated heterocycles. The summed E-state index contributed by atoms with van der Waals surface area (Å²) in [6.07, 6.45) is 0. The van der Waals surface area contributed by atoms with E-state index in [-0.39, 0.29) is 11.7 Å². The summed E-state index contributed by atoms with van der Waals surface area (Å²) in [5, 5.41) is 6.03. The number of fused-ring (bicyclic) bond motifs is 1. The highest BCUT2D eigenvalue weighted by atomic mass is 35.5. The van der Waals surface area contributed by atoms with Gasteiger partial charge in [-0.25, -0.2) is 13.6 Å². The van der Waals surface area contributed by atoms with Crippen molar-refractivity contribution in [2.45, 2.75) is 4.90 Å². The predicted molar refractivity (Wildman–Crippen MR) is 99.8 cm³/mol. The van der Waals surface area contributed by atoms with Gasteiger partial charge >= 0.3 is 0 Å². The van der Waals surface area contributed by atoms with Gasteiger partial charge in [0, 0.05) is 10.6 Å².